The van der Waals surface area contributed by atoms with Crippen molar-refractivity contribution in [2.75, 3.05) is 24.9 Å². The minimum atomic E-state index is -0.312. The van der Waals surface area contributed by atoms with Gasteiger partial charge in [-0.3, -0.25) is 9.89 Å². The Balaban J connectivity index is 1.47. The van der Waals surface area contributed by atoms with Gasteiger partial charge in [0.25, 0.3) is 11.3 Å². The largest absolute Gasteiger partial charge is 0.493 e. The molecule has 9 nitrogen and oxygen atoms in total. The molecule has 0 aliphatic rings. The summed E-state index contributed by atoms with van der Waals surface area (Å²) >= 11 is 0. The molecule has 3 N–H and O–H groups in total. The van der Waals surface area contributed by atoms with Crippen LogP contribution in [0.25, 0.3) is 5.78 Å². The van der Waals surface area contributed by atoms with Gasteiger partial charge in [-0.1, -0.05) is 6.07 Å². The van der Waals surface area contributed by atoms with E-state index in [4.69, 9.17) is 9.47 Å². The van der Waals surface area contributed by atoms with Crippen molar-refractivity contribution in [1.82, 2.24) is 19.6 Å². The second-order valence-electron chi connectivity index (χ2n) is 6.70. The molecule has 0 fully saturated rings. The number of hydrogen-bond acceptors (Lipinski definition) is 7. The first-order valence-electron chi connectivity index (χ1n) is 9.48. The van der Waals surface area contributed by atoms with Gasteiger partial charge in [0.15, 0.2) is 11.5 Å². The Kier molecular flexibility index (Phi) is 5.69. The van der Waals surface area contributed by atoms with E-state index in [-0.39, 0.29) is 17.2 Å². The Bertz CT molecular complexity index is 1250. The number of benzene rings is 2. The maximum atomic E-state index is 13.0. The van der Waals surface area contributed by atoms with Crippen LogP contribution in [0.2, 0.25) is 0 Å². The summed E-state index contributed by atoms with van der Waals surface area (Å²) in [7, 11) is 3.16. The predicted molar refractivity (Wildman–Crippen MR) is 114 cm³/mol. The average molecular weight is 424 g/mol. The molecule has 160 valence electrons. The van der Waals surface area contributed by atoms with Crippen LogP contribution in [-0.4, -0.2) is 33.8 Å². The van der Waals surface area contributed by atoms with Gasteiger partial charge < -0.3 is 20.1 Å². The number of rotatable bonds is 8. The normalized spacial score (nSPS) is 10.8. The summed E-state index contributed by atoms with van der Waals surface area (Å²) in [6, 6.07) is 13.0. The van der Waals surface area contributed by atoms with Gasteiger partial charge in [-0.05, 0) is 42.0 Å². The fourth-order valence-electron chi connectivity index (χ4n) is 3.03. The van der Waals surface area contributed by atoms with Crippen LogP contribution in [0.3, 0.4) is 0 Å². The van der Waals surface area contributed by atoms with Crippen molar-refractivity contribution in [3.63, 3.8) is 0 Å². The minimum Gasteiger partial charge on any atom is -0.493 e. The van der Waals surface area contributed by atoms with Crippen LogP contribution in [0.1, 0.15) is 11.3 Å². The van der Waals surface area contributed by atoms with E-state index in [9.17, 15) is 9.18 Å². The average Bonchev–Trinajstić information content (AvgIpc) is 3.20. The van der Waals surface area contributed by atoms with E-state index in [0.29, 0.717) is 36.2 Å². The lowest BCUT2D eigenvalue weighted by atomic mass is 10.2. The summed E-state index contributed by atoms with van der Waals surface area (Å²) in [6.45, 7) is 0.756. The molecule has 0 bridgehead atoms. The van der Waals surface area contributed by atoms with Crippen LogP contribution < -0.4 is 25.7 Å². The van der Waals surface area contributed by atoms with Crippen molar-refractivity contribution >= 4 is 17.4 Å². The first kappa shape index (κ1) is 20.2. The molecule has 0 spiro atoms. The number of methoxy groups -OCH3 is 2. The summed E-state index contributed by atoms with van der Waals surface area (Å²) in [5.74, 6) is 1.62. The molecule has 31 heavy (non-hydrogen) atoms. The first-order valence-corrected chi connectivity index (χ1v) is 9.48. The van der Waals surface area contributed by atoms with Gasteiger partial charge in [0, 0.05) is 18.3 Å². The Hall–Kier alpha value is -4.08. The standard InChI is InChI=1S/C21H21FN6O3/c1-30-17-8-3-13(9-18(17)31-2)11-24-20-26-21-25-16(10-19(29)28(21)27-20)12-23-15-6-4-14(22)5-7-15/h3-10,23H,11-12H2,1-2H3,(H2,24,25,26,27). The number of nitrogens with zero attached hydrogens (tertiary/aromatic N) is 3. The van der Waals surface area contributed by atoms with E-state index in [0.717, 1.165) is 11.3 Å². The molecule has 10 heteroatoms. The van der Waals surface area contributed by atoms with Crippen molar-refractivity contribution in [1.29, 1.82) is 0 Å². The number of aromatic amines is 1. The molecule has 0 aliphatic heterocycles. The molecule has 0 saturated carbocycles. The minimum absolute atomic E-state index is 0.248. The molecule has 0 radical (unpaired) electrons. The Morgan fingerprint density at radius 3 is 2.48 bits per heavy atom. The van der Waals surface area contributed by atoms with Crippen LogP contribution in [0.5, 0.6) is 11.5 Å². The topological polar surface area (TPSA) is 106 Å². The summed E-state index contributed by atoms with van der Waals surface area (Å²) in [5.41, 5.74) is 1.91. The zero-order valence-corrected chi connectivity index (χ0v) is 17.0. The molecule has 4 rings (SSSR count). The highest BCUT2D eigenvalue weighted by Crippen LogP contribution is 2.27. The molecular formula is C21H21FN6O3. The third-order valence-corrected chi connectivity index (χ3v) is 4.61. The third kappa shape index (κ3) is 4.58. The van der Waals surface area contributed by atoms with E-state index in [1.54, 1.807) is 26.4 Å². The van der Waals surface area contributed by atoms with Crippen molar-refractivity contribution < 1.29 is 13.9 Å². The second kappa shape index (κ2) is 8.74. The highest BCUT2D eigenvalue weighted by atomic mass is 19.1. The molecule has 2 heterocycles. The predicted octanol–water partition coefficient (Wildman–Crippen LogP) is 2.80. The quantitative estimate of drug-likeness (QED) is 0.399. The summed E-state index contributed by atoms with van der Waals surface area (Å²) in [4.78, 5) is 21.2. The Morgan fingerprint density at radius 2 is 1.74 bits per heavy atom. The van der Waals surface area contributed by atoms with Crippen LogP contribution in [0.4, 0.5) is 16.0 Å². The molecule has 0 amide bonds. The Morgan fingerprint density at radius 1 is 0.968 bits per heavy atom. The van der Waals surface area contributed by atoms with Gasteiger partial charge in [-0.2, -0.15) is 9.50 Å². The van der Waals surface area contributed by atoms with Crippen LogP contribution in [-0.2, 0) is 13.1 Å². The summed E-state index contributed by atoms with van der Waals surface area (Å²) in [5, 5.41) is 9.13. The maximum absolute atomic E-state index is 13.0. The zero-order chi connectivity index (χ0) is 21.8. The number of aromatic nitrogens is 4. The number of hydrogen-bond donors (Lipinski definition) is 3. The highest BCUT2D eigenvalue weighted by molar-refractivity contribution is 5.45. The molecule has 0 aliphatic carbocycles. The maximum Gasteiger partial charge on any atom is 0.274 e. The molecule has 0 saturated heterocycles. The lowest BCUT2D eigenvalue weighted by Gasteiger charge is -2.09. The monoisotopic (exact) mass is 424 g/mol. The van der Waals surface area contributed by atoms with Crippen molar-refractivity contribution in [3.05, 3.63) is 76.0 Å². The van der Waals surface area contributed by atoms with Gasteiger partial charge in [0.1, 0.15) is 5.82 Å². The van der Waals surface area contributed by atoms with Gasteiger partial charge in [0.05, 0.1) is 26.5 Å². The molecule has 2 aromatic carbocycles. The molecule has 0 unspecified atom stereocenters. The molecule has 0 atom stereocenters. The van der Waals surface area contributed by atoms with E-state index in [1.807, 2.05) is 18.2 Å². The number of halogens is 1. The number of anilines is 2. The highest BCUT2D eigenvalue weighted by Gasteiger charge is 2.09. The van der Waals surface area contributed by atoms with Gasteiger partial charge >= 0.3 is 0 Å². The van der Waals surface area contributed by atoms with E-state index < -0.39 is 0 Å². The van der Waals surface area contributed by atoms with Gasteiger partial charge in [-0.15, -0.1) is 0 Å². The smallest absolute Gasteiger partial charge is 0.274 e. The molecule has 2 aromatic heterocycles. The van der Waals surface area contributed by atoms with Gasteiger partial charge in [-0.25, -0.2) is 9.37 Å². The lowest BCUT2D eigenvalue weighted by molar-refractivity contribution is 0.354. The molecular weight excluding hydrogens is 403 g/mol. The van der Waals surface area contributed by atoms with Crippen molar-refractivity contribution in [2.45, 2.75) is 13.1 Å². The fraction of sp³-hybridized carbons (Fsp3) is 0.190. The van der Waals surface area contributed by atoms with Crippen molar-refractivity contribution in [2.24, 2.45) is 0 Å². The lowest BCUT2D eigenvalue weighted by Crippen LogP contribution is -2.17. The van der Waals surface area contributed by atoms with Crippen LogP contribution in [0.15, 0.2) is 53.3 Å². The SMILES string of the molecule is COc1ccc(CNc2nc3nc(CNc4ccc(F)cc4)cc(=O)n3[nH]2)cc1OC. The van der Waals surface area contributed by atoms with Crippen LogP contribution in [0, 0.1) is 5.82 Å². The zero-order valence-electron chi connectivity index (χ0n) is 17.0. The number of fused-ring (bicyclic) bond motifs is 1. The van der Waals surface area contributed by atoms with Crippen molar-refractivity contribution in [3.8, 4) is 11.5 Å². The third-order valence-electron chi connectivity index (χ3n) is 4.61. The number of H-pyrrole nitrogens is 1. The van der Waals surface area contributed by atoms with Crippen LogP contribution >= 0.6 is 0 Å². The Labute approximate surface area is 176 Å². The van der Waals surface area contributed by atoms with E-state index in [1.165, 1.54) is 22.7 Å². The summed E-state index contributed by atoms with van der Waals surface area (Å²) in [6.07, 6.45) is 0. The summed E-state index contributed by atoms with van der Waals surface area (Å²) < 4.78 is 24.8. The molecule has 4 aromatic rings. The fourth-order valence-corrected chi connectivity index (χ4v) is 3.03. The number of ether oxygens (including phenoxy) is 2. The van der Waals surface area contributed by atoms with Gasteiger partial charge in [0.2, 0.25) is 5.95 Å². The van der Waals surface area contributed by atoms with E-state index >= 15 is 0 Å². The number of nitrogens with one attached hydrogen (secondary N) is 3. The second-order valence-corrected chi connectivity index (χ2v) is 6.70. The first-order chi connectivity index (χ1) is 15.1. The van der Waals surface area contributed by atoms with E-state index in [2.05, 4.69) is 25.7 Å².